The van der Waals surface area contributed by atoms with Crippen LogP contribution in [0.5, 0.6) is 0 Å². The van der Waals surface area contributed by atoms with Crippen molar-refractivity contribution < 1.29 is 9.32 Å². The van der Waals surface area contributed by atoms with Gasteiger partial charge in [-0.25, -0.2) is 0 Å². The van der Waals surface area contributed by atoms with Crippen LogP contribution < -0.4 is 5.32 Å². The van der Waals surface area contributed by atoms with Crippen LogP contribution in [0.1, 0.15) is 62.3 Å². The van der Waals surface area contributed by atoms with Gasteiger partial charge in [0.2, 0.25) is 11.8 Å². The molecule has 1 aliphatic rings. The Balaban J connectivity index is 1.48. The molecule has 0 saturated carbocycles. The van der Waals surface area contributed by atoms with Crippen molar-refractivity contribution in [2.75, 3.05) is 5.75 Å². The van der Waals surface area contributed by atoms with Crippen LogP contribution in [-0.2, 0) is 11.2 Å². The second-order valence-electron chi connectivity index (χ2n) is 6.35. The van der Waals surface area contributed by atoms with Gasteiger partial charge in [0.15, 0.2) is 5.82 Å². The third-order valence-corrected chi connectivity index (χ3v) is 5.21. The Hall–Kier alpha value is -1.82. The molecule has 0 bridgehead atoms. The van der Waals surface area contributed by atoms with Crippen LogP contribution in [0.2, 0.25) is 0 Å². The highest BCUT2D eigenvalue weighted by Gasteiger charge is 2.21. The quantitative estimate of drug-likeness (QED) is 0.861. The third-order valence-electron chi connectivity index (χ3n) is 4.09. The van der Waals surface area contributed by atoms with Crippen LogP contribution in [0.3, 0.4) is 0 Å². The van der Waals surface area contributed by atoms with Crippen LogP contribution in [0.25, 0.3) is 0 Å². The molecule has 24 heavy (non-hydrogen) atoms. The summed E-state index contributed by atoms with van der Waals surface area (Å²) in [5.74, 6) is 2.74. The van der Waals surface area contributed by atoms with E-state index in [-0.39, 0.29) is 17.9 Å². The van der Waals surface area contributed by atoms with Crippen molar-refractivity contribution in [1.29, 1.82) is 0 Å². The van der Waals surface area contributed by atoms with Gasteiger partial charge in [-0.2, -0.15) is 4.98 Å². The molecule has 0 spiro atoms. The Morgan fingerprint density at radius 1 is 1.42 bits per heavy atom. The summed E-state index contributed by atoms with van der Waals surface area (Å²) < 4.78 is 5.21. The number of thioether (sulfide) groups is 1. The third kappa shape index (κ3) is 4.17. The normalized spacial score (nSPS) is 16.9. The molecule has 1 N–H and O–H groups in total. The summed E-state index contributed by atoms with van der Waals surface area (Å²) in [4.78, 5) is 17.9. The molecular weight excluding hydrogens is 322 g/mol. The number of nitrogens with zero attached hydrogens (tertiary/aromatic N) is 2. The monoisotopic (exact) mass is 345 g/mol. The van der Waals surface area contributed by atoms with E-state index in [4.69, 9.17) is 4.52 Å². The predicted octanol–water partition coefficient (Wildman–Crippen LogP) is 3.87. The zero-order chi connectivity index (χ0) is 16.9. The van der Waals surface area contributed by atoms with Gasteiger partial charge in [-0.05, 0) is 24.5 Å². The molecule has 0 aliphatic carbocycles. The Morgan fingerprint density at radius 3 is 3.04 bits per heavy atom. The van der Waals surface area contributed by atoms with E-state index < -0.39 is 0 Å². The zero-order valence-corrected chi connectivity index (χ0v) is 14.9. The summed E-state index contributed by atoms with van der Waals surface area (Å²) in [7, 11) is 0. The van der Waals surface area contributed by atoms with Gasteiger partial charge in [0.25, 0.3) is 0 Å². The fraction of sp³-hybridized carbons (Fsp3) is 0.500. The molecule has 1 amide bonds. The molecule has 2 aromatic rings. The summed E-state index contributed by atoms with van der Waals surface area (Å²) in [6.07, 6.45) is 2.82. The fourth-order valence-electron chi connectivity index (χ4n) is 2.76. The van der Waals surface area contributed by atoms with Crippen molar-refractivity contribution in [2.24, 2.45) is 0 Å². The summed E-state index contributed by atoms with van der Waals surface area (Å²) in [5, 5.41) is 7.11. The molecule has 1 aromatic heterocycles. The van der Waals surface area contributed by atoms with Gasteiger partial charge in [0.1, 0.15) is 0 Å². The van der Waals surface area contributed by atoms with Crippen molar-refractivity contribution in [3.63, 3.8) is 0 Å². The van der Waals surface area contributed by atoms with Crippen LogP contribution >= 0.6 is 11.8 Å². The minimum atomic E-state index is 0.0882. The first-order valence-corrected chi connectivity index (χ1v) is 9.45. The number of amides is 1. The van der Waals surface area contributed by atoms with Crippen molar-refractivity contribution in [3.8, 4) is 0 Å². The molecule has 3 rings (SSSR count). The highest BCUT2D eigenvalue weighted by Crippen LogP contribution is 2.35. The fourth-order valence-corrected chi connectivity index (χ4v) is 3.89. The Bertz CT molecular complexity index is 699. The van der Waals surface area contributed by atoms with Gasteiger partial charge < -0.3 is 9.84 Å². The summed E-state index contributed by atoms with van der Waals surface area (Å²) in [5.41, 5.74) is 1.24. The van der Waals surface area contributed by atoms with E-state index in [1.165, 1.54) is 10.5 Å². The van der Waals surface area contributed by atoms with E-state index in [1.807, 2.05) is 37.7 Å². The Morgan fingerprint density at radius 2 is 2.25 bits per heavy atom. The molecule has 1 atom stereocenters. The van der Waals surface area contributed by atoms with Gasteiger partial charge in [0, 0.05) is 29.4 Å². The maximum atomic E-state index is 12.2. The number of benzene rings is 1. The molecule has 0 unspecified atom stereocenters. The van der Waals surface area contributed by atoms with E-state index in [2.05, 4.69) is 27.6 Å². The number of fused-ring (bicyclic) bond motifs is 1. The first-order chi connectivity index (χ1) is 11.6. The molecule has 5 nitrogen and oxygen atoms in total. The number of hydrogen-bond donors (Lipinski definition) is 1. The SMILES string of the molecule is CC(C)c1noc(CCCC(=O)N[C@@H]2CCSc3ccccc32)n1. The predicted molar refractivity (Wildman–Crippen MR) is 94.0 cm³/mol. The van der Waals surface area contributed by atoms with Crippen LogP contribution in [0.4, 0.5) is 0 Å². The molecule has 2 heterocycles. The van der Waals surface area contributed by atoms with E-state index >= 15 is 0 Å². The number of hydrogen-bond acceptors (Lipinski definition) is 5. The maximum Gasteiger partial charge on any atom is 0.226 e. The van der Waals surface area contributed by atoms with E-state index in [1.54, 1.807) is 0 Å². The van der Waals surface area contributed by atoms with Gasteiger partial charge in [-0.15, -0.1) is 11.8 Å². The Kier molecular flexibility index (Phi) is 5.56. The number of carbonyl (C=O) groups excluding carboxylic acids is 1. The molecular formula is C18H23N3O2S. The number of aryl methyl sites for hydroxylation is 1. The number of rotatable bonds is 6. The van der Waals surface area contributed by atoms with Crippen molar-refractivity contribution >= 4 is 17.7 Å². The molecule has 0 radical (unpaired) electrons. The standard InChI is InChI=1S/C18H23N3O2S/c1-12(2)18-20-17(23-21-18)9-5-8-16(22)19-14-10-11-24-15-7-4-3-6-13(14)15/h3-4,6-7,12,14H,5,8-11H2,1-2H3,(H,19,22)/t14-/m1/s1. The smallest absolute Gasteiger partial charge is 0.226 e. The van der Waals surface area contributed by atoms with Gasteiger partial charge in [-0.3, -0.25) is 4.79 Å². The minimum absolute atomic E-state index is 0.0882. The lowest BCUT2D eigenvalue weighted by molar-refractivity contribution is -0.122. The molecule has 1 aliphatic heterocycles. The van der Waals surface area contributed by atoms with Gasteiger partial charge in [0.05, 0.1) is 6.04 Å². The van der Waals surface area contributed by atoms with Gasteiger partial charge >= 0.3 is 0 Å². The molecule has 128 valence electrons. The summed E-state index contributed by atoms with van der Waals surface area (Å²) in [6, 6.07) is 8.45. The number of nitrogens with one attached hydrogen (secondary N) is 1. The van der Waals surface area contributed by atoms with Crippen LogP contribution in [-0.4, -0.2) is 21.8 Å². The molecule has 1 aromatic carbocycles. The lowest BCUT2D eigenvalue weighted by Crippen LogP contribution is -2.30. The largest absolute Gasteiger partial charge is 0.349 e. The first-order valence-electron chi connectivity index (χ1n) is 8.47. The molecule has 6 heteroatoms. The minimum Gasteiger partial charge on any atom is -0.349 e. The van der Waals surface area contributed by atoms with Gasteiger partial charge in [-0.1, -0.05) is 37.2 Å². The van der Waals surface area contributed by atoms with Crippen LogP contribution in [0.15, 0.2) is 33.7 Å². The van der Waals surface area contributed by atoms with Crippen molar-refractivity contribution in [3.05, 3.63) is 41.5 Å². The second kappa shape index (κ2) is 7.83. The lowest BCUT2D eigenvalue weighted by Gasteiger charge is -2.25. The molecule has 0 saturated heterocycles. The Labute approximate surface area is 146 Å². The topological polar surface area (TPSA) is 68.0 Å². The second-order valence-corrected chi connectivity index (χ2v) is 7.49. The lowest BCUT2D eigenvalue weighted by atomic mass is 10.0. The molecule has 0 fully saturated rings. The van der Waals surface area contributed by atoms with Crippen LogP contribution in [0, 0.1) is 0 Å². The van der Waals surface area contributed by atoms with E-state index in [0.29, 0.717) is 25.2 Å². The highest BCUT2D eigenvalue weighted by molar-refractivity contribution is 7.99. The van der Waals surface area contributed by atoms with E-state index in [9.17, 15) is 4.79 Å². The highest BCUT2D eigenvalue weighted by atomic mass is 32.2. The average Bonchev–Trinajstić information content (AvgIpc) is 3.04. The zero-order valence-electron chi connectivity index (χ0n) is 14.1. The van der Waals surface area contributed by atoms with E-state index in [0.717, 1.165) is 18.0 Å². The number of carbonyl (C=O) groups is 1. The average molecular weight is 345 g/mol. The van der Waals surface area contributed by atoms with Crippen molar-refractivity contribution in [1.82, 2.24) is 15.5 Å². The first kappa shape index (κ1) is 17.0. The maximum absolute atomic E-state index is 12.2. The van der Waals surface area contributed by atoms with Crippen molar-refractivity contribution in [2.45, 2.75) is 56.4 Å². The summed E-state index contributed by atoms with van der Waals surface area (Å²) in [6.45, 7) is 4.06. The number of aromatic nitrogens is 2. The summed E-state index contributed by atoms with van der Waals surface area (Å²) >= 11 is 1.86.